The van der Waals surface area contributed by atoms with E-state index in [0.717, 1.165) is 5.75 Å². The fourth-order valence-corrected chi connectivity index (χ4v) is 2.60. The summed E-state index contributed by atoms with van der Waals surface area (Å²) in [7, 11) is 2.00. The molecule has 0 saturated heterocycles. The molecular weight excluding hydrogens is 236 g/mol. The van der Waals surface area contributed by atoms with Gasteiger partial charge in [-0.25, -0.2) is 0 Å². The summed E-state index contributed by atoms with van der Waals surface area (Å²) in [5, 5.41) is 3.41. The highest BCUT2D eigenvalue weighted by molar-refractivity contribution is 5.37. The van der Waals surface area contributed by atoms with E-state index in [1.165, 1.54) is 11.1 Å². The Balaban J connectivity index is 3.02. The lowest BCUT2D eigenvalue weighted by Crippen LogP contribution is -2.34. The summed E-state index contributed by atoms with van der Waals surface area (Å²) in [6, 6.07) is 6.70. The van der Waals surface area contributed by atoms with E-state index in [9.17, 15) is 0 Å². The highest BCUT2D eigenvalue weighted by Crippen LogP contribution is 2.30. The molecule has 0 fully saturated rings. The minimum absolute atomic E-state index is 0.291. The van der Waals surface area contributed by atoms with Gasteiger partial charge in [-0.3, -0.25) is 0 Å². The van der Waals surface area contributed by atoms with Gasteiger partial charge in [0.05, 0.1) is 6.61 Å². The largest absolute Gasteiger partial charge is 0.494 e. The molecule has 108 valence electrons. The lowest BCUT2D eigenvalue weighted by Gasteiger charge is -2.29. The van der Waals surface area contributed by atoms with Gasteiger partial charge in [0, 0.05) is 6.04 Å². The Kier molecular flexibility index (Phi) is 6.32. The molecule has 0 spiro atoms. The van der Waals surface area contributed by atoms with Crippen LogP contribution in [0.15, 0.2) is 18.2 Å². The Labute approximate surface area is 117 Å². The third kappa shape index (κ3) is 3.95. The Morgan fingerprint density at radius 2 is 2.00 bits per heavy atom. The van der Waals surface area contributed by atoms with Gasteiger partial charge in [-0.2, -0.15) is 0 Å². The maximum absolute atomic E-state index is 5.94. The van der Waals surface area contributed by atoms with Crippen molar-refractivity contribution in [2.75, 3.05) is 20.2 Å². The van der Waals surface area contributed by atoms with Crippen LogP contribution in [0.25, 0.3) is 0 Å². The minimum Gasteiger partial charge on any atom is -0.494 e. The Morgan fingerprint density at radius 1 is 1.32 bits per heavy atom. The van der Waals surface area contributed by atoms with Crippen molar-refractivity contribution in [1.29, 1.82) is 0 Å². The van der Waals surface area contributed by atoms with Gasteiger partial charge in [0.15, 0.2) is 0 Å². The van der Waals surface area contributed by atoms with Gasteiger partial charge in [0.1, 0.15) is 5.75 Å². The summed E-state index contributed by atoms with van der Waals surface area (Å²) in [6.07, 6.45) is 0. The first-order chi connectivity index (χ1) is 9.04. The van der Waals surface area contributed by atoms with Crippen LogP contribution in [0.1, 0.15) is 37.9 Å². The van der Waals surface area contributed by atoms with E-state index in [1.54, 1.807) is 0 Å². The topological polar surface area (TPSA) is 47.3 Å². The van der Waals surface area contributed by atoms with Crippen LogP contribution in [0.2, 0.25) is 0 Å². The first-order valence-electron chi connectivity index (χ1n) is 7.15. The third-order valence-electron chi connectivity index (χ3n) is 3.73. The highest BCUT2D eigenvalue weighted by atomic mass is 16.5. The number of hydrogen-bond acceptors (Lipinski definition) is 3. The van der Waals surface area contributed by atoms with Crippen molar-refractivity contribution in [3.8, 4) is 5.75 Å². The normalized spacial score (nSPS) is 14.5. The van der Waals surface area contributed by atoms with Crippen LogP contribution >= 0.6 is 0 Å². The molecule has 0 bridgehead atoms. The van der Waals surface area contributed by atoms with Crippen LogP contribution < -0.4 is 15.8 Å². The quantitative estimate of drug-likeness (QED) is 0.796. The average Bonchev–Trinajstić information content (AvgIpc) is 2.38. The number of benzene rings is 1. The summed E-state index contributed by atoms with van der Waals surface area (Å²) < 4.78 is 5.59. The molecular formula is C16H28N2O. The molecule has 1 aromatic rings. The molecule has 1 aromatic carbocycles. The summed E-state index contributed by atoms with van der Waals surface area (Å²) in [5.74, 6) is 1.95. The second kappa shape index (κ2) is 7.51. The van der Waals surface area contributed by atoms with Crippen molar-refractivity contribution in [1.82, 2.24) is 5.32 Å². The summed E-state index contributed by atoms with van der Waals surface area (Å²) >= 11 is 0. The number of ether oxygens (including phenoxy) is 1. The second-order valence-electron chi connectivity index (χ2n) is 5.37. The van der Waals surface area contributed by atoms with Crippen LogP contribution in [0, 0.1) is 18.8 Å². The first kappa shape index (κ1) is 16.0. The number of aryl methyl sites for hydroxylation is 1. The molecule has 0 amide bonds. The maximum Gasteiger partial charge on any atom is 0.122 e. The van der Waals surface area contributed by atoms with E-state index in [0.29, 0.717) is 31.0 Å². The monoisotopic (exact) mass is 264 g/mol. The van der Waals surface area contributed by atoms with Gasteiger partial charge in [0.2, 0.25) is 0 Å². The predicted octanol–water partition coefficient (Wildman–Crippen LogP) is 2.89. The van der Waals surface area contributed by atoms with E-state index >= 15 is 0 Å². The molecule has 0 aliphatic rings. The zero-order chi connectivity index (χ0) is 14.4. The molecule has 0 aliphatic carbocycles. The molecule has 3 nitrogen and oxygen atoms in total. The summed E-state index contributed by atoms with van der Waals surface area (Å²) in [6.45, 7) is 9.94. The van der Waals surface area contributed by atoms with E-state index in [-0.39, 0.29) is 0 Å². The Morgan fingerprint density at radius 3 is 2.42 bits per heavy atom. The SMILES string of the molecule is CCOc1ccc(C(NC)C(CN)C(C)C)cc1C. The van der Waals surface area contributed by atoms with Gasteiger partial charge in [-0.1, -0.05) is 26.0 Å². The van der Waals surface area contributed by atoms with Gasteiger partial charge in [-0.05, 0) is 56.5 Å². The van der Waals surface area contributed by atoms with E-state index in [4.69, 9.17) is 10.5 Å². The lowest BCUT2D eigenvalue weighted by molar-refractivity contribution is 0.298. The number of nitrogens with two attached hydrogens (primary N) is 1. The number of hydrogen-bond donors (Lipinski definition) is 2. The van der Waals surface area contributed by atoms with Crippen LogP contribution in [0.3, 0.4) is 0 Å². The maximum atomic E-state index is 5.94. The molecule has 3 heteroatoms. The number of nitrogens with one attached hydrogen (secondary N) is 1. The molecule has 0 saturated carbocycles. The zero-order valence-electron chi connectivity index (χ0n) is 12.9. The smallest absolute Gasteiger partial charge is 0.122 e. The molecule has 19 heavy (non-hydrogen) atoms. The van der Waals surface area contributed by atoms with Crippen LogP contribution in [0.4, 0.5) is 0 Å². The molecule has 2 atom stereocenters. The lowest BCUT2D eigenvalue weighted by atomic mass is 9.84. The van der Waals surface area contributed by atoms with Crippen molar-refractivity contribution in [3.63, 3.8) is 0 Å². The molecule has 2 unspecified atom stereocenters. The molecule has 3 N–H and O–H groups in total. The number of rotatable bonds is 7. The summed E-state index contributed by atoms with van der Waals surface area (Å²) in [4.78, 5) is 0. The zero-order valence-corrected chi connectivity index (χ0v) is 12.9. The van der Waals surface area contributed by atoms with Crippen molar-refractivity contribution >= 4 is 0 Å². The van der Waals surface area contributed by atoms with E-state index < -0.39 is 0 Å². The van der Waals surface area contributed by atoms with E-state index in [1.807, 2.05) is 14.0 Å². The van der Waals surface area contributed by atoms with Gasteiger partial charge < -0.3 is 15.8 Å². The molecule has 0 aromatic heterocycles. The molecule has 0 aliphatic heterocycles. The minimum atomic E-state index is 0.291. The molecule has 0 radical (unpaired) electrons. The Hall–Kier alpha value is -1.06. The first-order valence-corrected chi connectivity index (χ1v) is 7.15. The summed E-state index contributed by atoms with van der Waals surface area (Å²) in [5.41, 5.74) is 8.40. The van der Waals surface area contributed by atoms with Crippen LogP contribution in [0.5, 0.6) is 5.75 Å². The molecule has 1 rings (SSSR count). The van der Waals surface area contributed by atoms with Crippen molar-refractivity contribution in [2.24, 2.45) is 17.6 Å². The van der Waals surface area contributed by atoms with Crippen molar-refractivity contribution < 1.29 is 4.74 Å². The third-order valence-corrected chi connectivity index (χ3v) is 3.73. The fraction of sp³-hybridized carbons (Fsp3) is 0.625. The Bertz CT molecular complexity index is 390. The highest BCUT2D eigenvalue weighted by Gasteiger charge is 2.23. The second-order valence-corrected chi connectivity index (χ2v) is 5.37. The van der Waals surface area contributed by atoms with Crippen LogP contribution in [-0.4, -0.2) is 20.2 Å². The van der Waals surface area contributed by atoms with Crippen LogP contribution in [-0.2, 0) is 0 Å². The van der Waals surface area contributed by atoms with E-state index in [2.05, 4.69) is 44.3 Å². The fourth-order valence-electron chi connectivity index (χ4n) is 2.60. The average molecular weight is 264 g/mol. The predicted molar refractivity (Wildman–Crippen MR) is 81.5 cm³/mol. The van der Waals surface area contributed by atoms with Gasteiger partial charge in [0.25, 0.3) is 0 Å². The van der Waals surface area contributed by atoms with Crippen molar-refractivity contribution in [2.45, 2.75) is 33.7 Å². The molecule has 0 heterocycles. The van der Waals surface area contributed by atoms with Gasteiger partial charge in [-0.15, -0.1) is 0 Å². The van der Waals surface area contributed by atoms with Gasteiger partial charge >= 0.3 is 0 Å². The standard InChI is InChI=1S/C16H28N2O/c1-6-19-15-8-7-13(9-12(15)4)16(18-5)14(10-17)11(2)3/h7-9,11,14,16,18H,6,10,17H2,1-5H3. The van der Waals surface area contributed by atoms with Crippen molar-refractivity contribution in [3.05, 3.63) is 29.3 Å².